The standard InChI is InChI=1S/3C3H6O4.Al/c3*4-1-2(5)3(6)7;/h3*2,4-5H,1H2,(H,6,7);/q;;;+3/p-3. The summed E-state index contributed by atoms with van der Waals surface area (Å²) in [4.78, 5) is 28.2. The third-order valence-electron chi connectivity index (χ3n) is 1.34. The Labute approximate surface area is 134 Å². The zero-order valence-electron chi connectivity index (χ0n) is 11.1. The second kappa shape index (κ2) is 17.8. The smallest absolute Gasteiger partial charge is 0.547 e. The number of carboxylic acid groups (broad SMARTS) is 3. The van der Waals surface area contributed by atoms with Gasteiger partial charge >= 0.3 is 17.4 Å². The van der Waals surface area contributed by atoms with E-state index in [0.717, 1.165) is 0 Å². The predicted octanol–water partition coefficient (Wildman–Crippen LogP) is -9.11. The molecule has 0 aromatic heterocycles. The van der Waals surface area contributed by atoms with Crippen LogP contribution in [0.25, 0.3) is 0 Å². The summed E-state index contributed by atoms with van der Waals surface area (Å²) in [6, 6.07) is 0. The summed E-state index contributed by atoms with van der Waals surface area (Å²) in [7, 11) is 0. The van der Waals surface area contributed by atoms with Gasteiger partial charge in [-0.15, -0.1) is 0 Å². The van der Waals surface area contributed by atoms with Crippen molar-refractivity contribution < 1.29 is 60.3 Å². The fraction of sp³-hybridized carbons (Fsp3) is 0.667. The second-order valence-corrected chi connectivity index (χ2v) is 3.05. The molecule has 0 heterocycles. The third kappa shape index (κ3) is 21.0. The van der Waals surface area contributed by atoms with Crippen LogP contribution in [0, 0.1) is 0 Å². The van der Waals surface area contributed by atoms with Gasteiger partial charge in [0.05, 0.1) is 37.7 Å². The molecule has 0 amide bonds. The van der Waals surface area contributed by atoms with Crippen molar-refractivity contribution in [3.8, 4) is 0 Å². The van der Waals surface area contributed by atoms with E-state index in [1.54, 1.807) is 0 Å². The molecule has 0 saturated heterocycles. The Balaban J connectivity index is -0.000000108. The predicted molar refractivity (Wildman–Crippen MR) is 60.1 cm³/mol. The molecule has 13 heteroatoms. The van der Waals surface area contributed by atoms with Crippen LogP contribution in [-0.4, -0.2) is 104 Å². The summed E-state index contributed by atoms with van der Waals surface area (Å²) in [5, 5.41) is 75.8. The van der Waals surface area contributed by atoms with E-state index in [2.05, 4.69) is 0 Å². The minimum absolute atomic E-state index is 0. The minimum atomic E-state index is -1.74. The molecule has 3 unspecified atom stereocenters. The van der Waals surface area contributed by atoms with E-state index in [1.807, 2.05) is 0 Å². The van der Waals surface area contributed by atoms with Crippen LogP contribution >= 0.6 is 0 Å². The fourth-order valence-electron chi connectivity index (χ4n) is 0.224. The van der Waals surface area contributed by atoms with Gasteiger partial charge in [0.25, 0.3) is 0 Å². The van der Waals surface area contributed by atoms with E-state index in [4.69, 9.17) is 30.6 Å². The van der Waals surface area contributed by atoms with Crippen LogP contribution in [0.5, 0.6) is 0 Å². The van der Waals surface area contributed by atoms with Gasteiger partial charge < -0.3 is 60.3 Å². The Kier molecular flexibility index (Phi) is 23.2. The zero-order chi connectivity index (χ0) is 17.6. The maximum atomic E-state index is 9.41. The molecule has 0 aliphatic carbocycles. The van der Waals surface area contributed by atoms with Crippen LogP contribution in [0.15, 0.2) is 0 Å². The van der Waals surface area contributed by atoms with Crippen LogP contribution in [-0.2, 0) is 14.4 Å². The maximum absolute atomic E-state index is 9.41. The van der Waals surface area contributed by atoms with Crippen molar-refractivity contribution in [2.75, 3.05) is 19.8 Å². The summed E-state index contributed by atoms with van der Waals surface area (Å²) in [6.45, 7) is -2.37. The Hall–Kier alpha value is -1.30. The molecule has 0 saturated carbocycles. The van der Waals surface area contributed by atoms with Crippen molar-refractivity contribution >= 4 is 35.3 Å². The van der Waals surface area contributed by atoms with Crippen LogP contribution in [0.2, 0.25) is 0 Å². The van der Waals surface area contributed by atoms with Gasteiger partial charge in [0.15, 0.2) is 0 Å². The average molecular weight is 342 g/mol. The summed E-state index contributed by atoms with van der Waals surface area (Å²) >= 11 is 0. The van der Waals surface area contributed by atoms with Gasteiger partial charge in [-0.25, -0.2) is 0 Å². The SMILES string of the molecule is O=C([O-])C(O)CO.O=C([O-])C(O)CO.O=C([O-])C(O)CO.[Al+3]. The second-order valence-electron chi connectivity index (χ2n) is 3.05. The molecule has 0 bridgehead atoms. The molecule has 0 aliphatic rings. The van der Waals surface area contributed by atoms with E-state index in [0.29, 0.717) is 0 Å². The van der Waals surface area contributed by atoms with E-state index in [9.17, 15) is 29.7 Å². The minimum Gasteiger partial charge on any atom is -0.547 e. The van der Waals surface area contributed by atoms with Crippen molar-refractivity contribution in [3.63, 3.8) is 0 Å². The first kappa shape index (κ1) is 28.8. The molecular formula is C9H15AlO12. The van der Waals surface area contributed by atoms with E-state index in [-0.39, 0.29) is 17.4 Å². The quantitative estimate of drug-likeness (QED) is 0.246. The van der Waals surface area contributed by atoms with Gasteiger partial charge in [0, 0.05) is 0 Å². The molecule has 0 spiro atoms. The van der Waals surface area contributed by atoms with E-state index in [1.165, 1.54) is 0 Å². The number of rotatable bonds is 6. The van der Waals surface area contributed by atoms with Crippen LogP contribution < -0.4 is 15.3 Å². The van der Waals surface area contributed by atoms with Gasteiger partial charge in [0.1, 0.15) is 18.3 Å². The molecule has 6 N–H and O–H groups in total. The number of hydrogen-bond donors (Lipinski definition) is 6. The molecule has 0 aromatic rings. The maximum Gasteiger partial charge on any atom is 3.00 e. The number of aliphatic carboxylic acids is 3. The largest absolute Gasteiger partial charge is 3.00 e. The number of carboxylic acids is 3. The molecule has 12 nitrogen and oxygen atoms in total. The van der Waals surface area contributed by atoms with Gasteiger partial charge in [-0.2, -0.15) is 0 Å². The van der Waals surface area contributed by atoms with Crippen LogP contribution in [0.1, 0.15) is 0 Å². The van der Waals surface area contributed by atoms with Crippen molar-refractivity contribution in [3.05, 3.63) is 0 Å². The first-order valence-electron chi connectivity index (χ1n) is 5.04. The van der Waals surface area contributed by atoms with Gasteiger partial charge in [0.2, 0.25) is 0 Å². The monoisotopic (exact) mass is 342 g/mol. The van der Waals surface area contributed by atoms with E-state index < -0.39 is 56.0 Å². The topological polar surface area (TPSA) is 242 Å². The number of aliphatic hydroxyl groups excluding tert-OH is 6. The number of hydrogen-bond acceptors (Lipinski definition) is 12. The fourth-order valence-corrected chi connectivity index (χ4v) is 0.224. The molecule has 126 valence electrons. The molecule has 0 aliphatic heterocycles. The molecule has 0 radical (unpaired) electrons. The third-order valence-corrected chi connectivity index (χ3v) is 1.34. The van der Waals surface area contributed by atoms with E-state index >= 15 is 0 Å². The van der Waals surface area contributed by atoms with Crippen molar-refractivity contribution in [2.45, 2.75) is 18.3 Å². The summed E-state index contributed by atoms with van der Waals surface area (Å²) in [5.74, 6) is -4.95. The van der Waals surface area contributed by atoms with Gasteiger partial charge in [-0.1, -0.05) is 0 Å². The first-order chi connectivity index (χ1) is 9.54. The first-order valence-corrected chi connectivity index (χ1v) is 5.04. The van der Waals surface area contributed by atoms with Gasteiger partial charge in [-0.3, -0.25) is 0 Å². The average Bonchev–Trinajstić information content (AvgIpc) is 2.45. The Morgan fingerprint density at radius 2 is 0.773 bits per heavy atom. The molecule has 22 heavy (non-hydrogen) atoms. The number of aliphatic hydroxyl groups is 6. The molecule has 0 rings (SSSR count). The Morgan fingerprint density at radius 3 is 0.773 bits per heavy atom. The summed E-state index contributed by atoms with van der Waals surface area (Å²) < 4.78 is 0. The van der Waals surface area contributed by atoms with Crippen molar-refractivity contribution in [2.24, 2.45) is 0 Å². The molecule has 0 aromatic carbocycles. The number of carbonyl (C=O) groups excluding carboxylic acids is 3. The molecule has 3 atom stereocenters. The molecule has 0 fully saturated rings. The zero-order valence-corrected chi connectivity index (χ0v) is 12.2. The Morgan fingerprint density at radius 1 is 0.636 bits per heavy atom. The normalized spacial score (nSPS) is 12.8. The van der Waals surface area contributed by atoms with Crippen LogP contribution in [0.3, 0.4) is 0 Å². The van der Waals surface area contributed by atoms with Crippen LogP contribution in [0.4, 0.5) is 0 Å². The van der Waals surface area contributed by atoms with Gasteiger partial charge in [-0.05, 0) is 0 Å². The summed E-state index contributed by atoms with van der Waals surface area (Å²) in [5.41, 5.74) is 0. The molecular weight excluding hydrogens is 327 g/mol. The summed E-state index contributed by atoms with van der Waals surface area (Å²) in [6.07, 6.45) is -5.21. The number of carbonyl (C=O) groups is 3. The van der Waals surface area contributed by atoms with Crippen molar-refractivity contribution in [1.29, 1.82) is 0 Å². The van der Waals surface area contributed by atoms with Crippen molar-refractivity contribution in [1.82, 2.24) is 0 Å². The Bertz CT molecular complexity index is 261.